The standard InChI is InChI=1S/C12H10F10O3/c1-5(2)3-25-4-6(7(23)9(13,14)11(17,18)19)8(24)10(15,16)12(20,21)22/h4-5H,3H2,1-2H3. The molecule has 0 fully saturated rings. The first-order valence-corrected chi connectivity index (χ1v) is 6.17. The molecule has 146 valence electrons. The van der Waals surface area contributed by atoms with Gasteiger partial charge in [-0.1, -0.05) is 13.8 Å². The lowest BCUT2D eigenvalue weighted by molar-refractivity contribution is -0.270. The predicted octanol–water partition coefficient (Wildman–Crippen LogP) is 4.08. The van der Waals surface area contributed by atoms with Crippen LogP contribution in [0.25, 0.3) is 0 Å². The molecule has 3 nitrogen and oxygen atoms in total. The monoisotopic (exact) mass is 392 g/mol. The Labute approximate surface area is 133 Å². The van der Waals surface area contributed by atoms with Crippen LogP contribution in [0.3, 0.4) is 0 Å². The second kappa shape index (κ2) is 7.20. The van der Waals surface area contributed by atoms with Crippen molar-refractivity contribution >= 4 is 11.6 Å². The molecule has 0 bridgehead atoms. The Morgan fingerprint density at radius 1 is 0.800 bits per heavy atom. The molecule has 0 aliphatic carbocycles. The van der Waals surface area contributed by atoms with E-state index in [1.807, 2.05) is 0 Å². The summed E-state index contributed by atoms with van der Waals surface area (Å²) < 4.78 is 129. The molecule has 0 aromatic heterocycles. The lowest BCUT2D eigenvalue weighted by Gasteiger charge is -2.22. The molecule has 25 heavy (non-hydrogen) atoms. The number of hydrogen-bond donors (Lipinski definition) is 0. The van der Waals surface area contributed by atoms with Gasteiger partial charge in [0.15, 0.2) is 0 Å². The lowest BCUT2D eigenvalue weighted by Crippen LogP contribution is -2.51. The number of ether oxygens (including phenoxy) is 1. The smallest absolute Gasteiger partial charge is 0.461 e. The van der Waals surface area contributed by atoms with Gasteiger partial charge < -0.3 is 4.74 Å². The number of alkyl halides is 10. The minimum absolute atomic E-state index is 0.492. The second-order valence-electron chi connectivity index (χ2n) is 5.06. The molecule has 0 amide bonds. The van der Waals surface area contributed by atoms with E-state index in [0.29, 0.717) is 0 Å². The molecule has 0 radical (unpaired) electrons. The van der Waals surface area contributed by atoms with Crippen LogP contribution in [-0.4, -0.2) is 42.4 Å². The molecule has 13 heteroatoms. The van der Waals surface area contributed by atoms with Crippen molar-refractivity contribution in [1.29, 1.82) is 0 Å². The molecule has 0 atom stereocenters. The van der Waals surface area contributed by atoms with Crippen molar-refractivity contribution in [2.45, 2.75) is 38.0 Å². The maximum absolute atomic E-state index is 13.0. The summed E-state index contributed by atoms with van der Waals surface area (Å²) in [6.07, 6.45) is -13.8. The van der Waals surface area contributed by atoms with Crippen LogP contribution in [0.4, 0.5) is 43.9 Å². The minimum Gasteiger partial charge on any atom is -0.500 e. The van der Waals surface area contributed by atoms with Crippen molar-refractivity contribution in [1.82, 2.24) is 0 Å². The molecule has 0 rings (SSSR count). The van der Waals surface area contributed by atoms with Gasteiger partial charge in [-0.15, -0.1) is 0 Å². The first-order valence-electron chi connectivity index (χ1n) is 6.17. The van der Waals surface area contributed by atoms with E-state index in [-0.39, 0.29) is 0 Å². The third-order valence-corrected chi connectivity index (χ3v) is 2.40. The van der Waals surface area contributed by atoms with E-state index in [1.165, 1.54) is 13.8 Å². The summed E-state index contributed by atoms with van der Waals surface area (Å²) in [4.78, 5) is 22.3. The Morgan fingerprint density at radius 3 is 1.36 bits per heavy atom. The average molecular weight is 392 g/mol. The number of carbonyl (C=O) groups excluding carboxylic acids is 2. The van der Waals surface area contributed by atoms with Crippen LogP contribution in [0.5, 0.6) is 0 Å². The van der Waals surface area contributed by atoms with Crippen molar-refractivity contribution in [3.63, 3.8) is 0 Å². The largest absolute Gasteiger partial charge is 0.500 e. The fourth-order valence-corrected chi connectivity index (χ4v) is 1.13. The van der Waals surface area contributed by atoms with E-state index in [4.69, 9.17) is 0 Å². The number of rotatable bonds is 7. The van der Waals surface area contributed by atoms with E-state index in [9.17, 15) is 53.5 Å². The molecule has 0 saturated carbocycles. The molecule has 0 N–H and O–H groups in total. The van der Waals surface area contributed by atoms with Gasteiger partial charge >= 0.3 is 24.2 Å². The lowest BCUT2D eigenvalue weighted by atomic mass is 9.98. The Balaban J connectivity index is 6.07. The molecule has 0 aliphatic rings. The van der Waals surface area contributed by atoms with Crippen LogP contribution in [0.1, 0.15) is 13.8 Å². The summed E-state index contributed by atoms with van der Waals surface area (Å²) in [5, 5.41) is 0. The molecular weight excluding hydrogens is 382 g/mol. The summed E-state index contributed by atoms with van der Waals surface area (Å²) in [5.74, 6) is -20.4. The quantitative estimate of drug-likeness (QED) is 0.216. The molecule has 0 aliphatic heterocycles. The summed E-state index contributed by atoms with van der Waals surface area (Å²) in [6, 6.07) is 0. The van der Waals surface area contributed by atoms with Crippen molar-refractivity contribution in [2.75, 3.05) is 6.61 Å². The normalized spacial score (nSPS) is 13.6. The van der Waals surface area contributed by atoms with E-state index in [1.54, 1.807) is 0 Å². The van der Waals surface area contributed by atoms with E-state index in [0.717, 1.165) is 0 Å². The summed E-state index contributed by atoms with van der Waals surface area (Å²) >= 11 is 0. The number of hydrogen-bond acceptors (Lipinski definition) is 3. The Hall–Kier alpha value is -1.82. The van der Waals surface area contributed by atoms with Gasteiger partial charge in [-0.05, 0) is 5.92 Å². The highest BCUT2D eigenvalue weighted by Gasteiger charge is 2.69. The fourth-order valence-electron chi connectivity index (χ4n) is 1.13. The van der Waals surface area contributed by atoms with Crippen LogP contribution in [0, 0.1) is 5.92 Å². The topological polar surface area (TPSA) is 43.4 Å². The second-order valence-corrected chi connectivity index (χ2v) is 5.06. The number of Topliss-reactive ketones (excluding diaryl/α,β-unsaturated/α-hetero) is 2. The zero-order chi connectivity index (χ0) is 20.4. The van der Waals surface area contributed by atoms with Gasteiger partial charge in [-0.2, -0.15) is 43.9 Å². The first kappa shape index (κ1) is 23.2. The van der Waals surface area contributed by atoms with Gasteiger partial charge in [0, 0.05) is 0 Å². The van der Waals surface area contributed by atoms with Crippen molar-refractivity contribution < 1.29 is 58.2 Å². The molecular formula is C12H10F10O3. The zero-order valence-corrected chi connectivity index (χ0v) is 12.4. The Morgan fingerprint density at radius 2 is 1.12 bits per heavy atom. The third-order valence-electron chi connectivity index (χ3n) is 2.40. The maximum Gasteiger partial charge on any atom is 0.461 e. The number of halogens is 10. The highest BCUT2D eigenvalue weighted by Crippen LogP contribution is 2.42. The maximum atomic E-state index is 13.0. The van der Waals surface area contributed by atoms with Gasteiger partial charge in [0.25, 0.3) is 0 Å². The summed E-state index contributed by atoms with van der Waals surface area (Å²) in [5.41, 5.74) is -2.76. The van der Waals surface area contributed by atoms with E-state index < -0.39 is 60.1 Å². The average Bonchev–Trinajstić information content (AvgIpc) is 2.39. The van der Waals surface area contributed by atoms with Gasteiger partial charge in [0.1, 0.15) is 5.57 Å². The van der Waals surface area contributed by atoms with Crippen LogP contribution < -0.4 is 0 Å². The molecule has 0 heterocycles. The highest BCUT2D eigenvalue weighted by atomic mass is 19.4. The van der Waals surface area contributed by atoms with Crippen LogP contribution in [0.2, 0.25) is 0 Å². The van der Waals surface area contributed by atoms with Crippen LogP contribution >= 0.6 is 0 Å². The SMILES string of the molecule is CC(C)COC=C(C(=O)C(F)(F)C(F)(F)F)C(=O)C(F)(F)C(F)(F)F. The number of ketones is 2. The molecule has 0 aromatic carbocycles. The number of allylic oxidation sites excluding steroid dienone is 1. The van der Waals surface area contributed by atoms with Gasteiger partial charge in [0.05, 0.1) is 12.9 Å². The van der Waals surface area contributed by atoms with Gasteiger partial charge in [-0.3, -0.25) is 9.59 Å². The molecule has 0 unspecified atom stereocenters. The predicted molar refractivity (Wildman–Crippen MR) is 60.9 cm³/mol. The first-order chi connectivity index (χ1) is 10.9. The summed E-state index contributed by atoms with van der Waals surface area (Å²) in [7, 11) is 0. The van der Waals surface area contributed by atoms with Gasteiger partial charge in [0.2, 0.25) is 11.6 Å². The fraction of sp³-hybridized carbons (Fsp3) is 0.667. The molecule has 0 spiro atoms. The Kier molecular flexibility index (Phi) is 6.67. The minimum atomic E-state index is -6.63. The summed E-state index contributed by atoms with van der Waals surface area (Å²) in [6.45, 7) is 2.19. The van der Waals surface area contributed by atoms with Crippen LogP contribution in [-0.2, 0) is 14.3 Å². The van der Waals surface area contributed by atoms with Gasteiger partial charge in [-0.25, -0.2) is 0 Å². The molecule has 0 aromatic rings. The van der Waals surface area contributed by atoms with E-state index in [2.05, 4.69) is 4.74 Å². The van der Waals surface area contributed by atoms with Crippen LogP contribution in [0.15, 0.2) is 11.8 Å². The van der Waals surface area contributed by atoms with E-state index >= 15 is 0 Å². The Bertz CT molecular complexity index is 502. The van der Waals surface area contributed by atoms with Crippen molar-refractivity contribution in [3.05, 3.63) is 11.8 Å². The molecule has 0 saturated heterocycles. The number of carbonyl (C=O) groups is 2. The van der Waals surface area contributed by atoms with Crippen molar-refractivity contribution in [3.8, 4) is 0 Å². The highest BCUT2D eigenvalue weighted by molar-refractivity contribution is 6.24. The van der Waals surface area contributed by atoms with Crippen molar-refractivity contribution in [2.24, 2.45) is 5.92 Å². The zero-order valence-electron chi connectivity index (χ0n) is 12.4. The third kappa shape index (κ3) is 5.08.